The van der Waals surface area contributed by atoms with Crippen LogP contribution < -0.4 is 16.0 Å². The van der Waals surface area contributed by atoms with E-state index in [1.54, 1.807) is 0 Å². The number of aromatic nitrogens is 2. The number of thioether (sulfide) groups is 1. The van der Waals surface area contributed by atoms with E-state index in [0.717, 1.165) is 37.0 Å². The molecule has 3 N–H and O–H groups in total. The number of anilines is 3. The molecule has 1 aromatic heterocycles. The third-order valence-electron chi connectivity index (χ3n) is 2.84. The lowest BCUT2D eigenvalue weighted by Crippen LogP contribution is -2.43. The SMILES string of the molecule is CCNc1cc(N2CCSC(C)(C)C2)nc(N)n1. The number of nitrogens with one attached hydrogen (secondary N) is 1. The second kappa shape index (κ2) is 5.22. The average molecular weight is 267 g/mol. The van der Waals surface area contributed by atoms with E-state index >= 15 is 0 Å². The van der Waals surface area contributed by atoms with Crippen molar-refractivity contribution < 1.29 is 0 Å². The van der Waals surface area contributed by atoms with Gasteiger partial charge in [0, 0.05) is 36.2 Å². The van der Waals surface area contributed by atoms with Gasteiger partial charge in [0.05, 0.1) is 0 Å². The molecule has 0 spiro atoms. The van der Waals surface area contributed by atoms with Gasteiger partial charge in [-0.15, -0.1) is 0 Å². The molecule has 6 heteroatoms. The van der Waals surface area contributed by atoms with Gasteiger partial charge in [-0.3, -0.25) is 0 Å². The topological polar surface area (TPSA) is 67.1 Å². The van der Waals surface area contributed by atoms with Crippen molar-refractivity contribution >= 4 is 29.3 Å². The zero-order valence-corrected chi connectivity index (χ0v) is 12.0. The Morgan fingerprint density at radius 1 is 1.50 bits per heavy atom. The normalized spacial score (nSPS) is 18.7. The molecule has 0 amide bonds. The zero-order valence-electron chi connectivity index (χ0n) is 11.2. The van der Waals surface area contributed by atoms with Gasteiger partial charge < -0.3 is 16.0 Å². The van der Waals surface area contributed by atoms with Crippen molar-refractivity contribution in [3.63, 3.8) is 0 Å². The van der Waals surface area contributed by atoms with E-state index in [2.05, 4.69) is 34.0 Å². The van der Waals surface area contributed by atoms with Crippen molar-refractivity contribution in [2.24, 2.45) is 0 Å². The molecule has 0 unspecified atom stereocenters. The molecule has 0 saturated carbocycles. The molecular weight excluding hydrogens is 246 g/mol. The minimum Gasteiger partial charge on any atom is -0.370 e. The Kier molecular flexibility index (Phi) is 3.85. The molecule has 2 heterocycles. The first kappa shape index (κ1) is 13.3. The lowest BCUT2D eigenvalue weighted by Gasteiger charge is -2.38. The van der Waals surface area contributed by atoms with Crippen LogP contribution in [-0.4, -0.2) is 40.1 Å². The summed E-state index contributed by atoms with van der Waals surface area (Å²) in [6.07, 6.45) is 0. The first-order chi connectivity index (χ1) is 8.50. The highest BCUT2D eigenvalue weighted by Gasteiger charge is 2.28. The summed E-state index contributed by atoms with van der Waals surface area (Å²) < 4.78 is 0.260. The molecule has 0 aromatic carbocycles. The third kappa shape index (κ3) is 3.19. The molecule has 1 saturated heterocycles. The van der Waals surface area contributed by atoms with E-state index in [1.807, 2.05) is 24.8 Å². The first-order valence-corrected chi connectivity index (χ1v) is 7.26. The lowest BCUT2D eigenvalue weighted by molar-refractivity contribution is 0.642. The molecule has 0 aliphatic carbocycles. The molecule has 100 valence electrons. The number of nitrogen functional groups attached to an aromatic ring is 1. The smallest absolute Gasteiger partial charge is 0.223 e. The maximum absolute atomic E-state index is 5.77. The van der Waals surface area contributed by atoms with Gasteiger partial charge in [0.1, 0.15) is 11.6 Å². The molecule has 1 aromatic rings. The van der Waals surface area contributed by atoms with Crippen LogP contribution in [0.25, 0.3) is 0 Å². The first-order valence-electron chi connectivity index (χ1n) is 6.27. The monoisotopic (exact) mass is 267 g/mol. The van der Waals surface area contributed by atoms with Gasteiger partial charge in [0.25, 0.3) is 0 Å². The van der Waals surface area contributed by atoms with Crippen molar-refractivity contribution in [2.45, 2.75) is 25.5 Å². The Morgan fingerprint density at radius 2 is 2.28 bits per heavy atom. The highest BCUT2D eigenvalue weighted by molar-refractivity contribution is 8.00. The van der Waals surface area contributed by atoms with Gasteiger partial charge in [-0.2, -0.15) is 21.7 Å². The van der Waals surface area contributed by atoms with Crippen molar-refractivity contribution in [3.8, 4) is 0 Å². The molecule has 1 aliphatic rings. The van der Waals surface area contributed by atoms with Crippen molar-refractivity contribution in [3.05, 3.63) is 6.07 Å². The fraction of sp³-hybridized carbons (Fsp3) is 0.667. The van der Waals surface area contributed by atoms with Crippen LogP contribution in [0.2, 0.25) is 0 Å². The average Bonchev–Trinajstić information content (AvgIpc) is 2.27. The fourth-order valence-electron chi connectivity index (χ4n) is 2.10. The second-order valence-electron chi connectivity index (χ2n) is 5.03. The van der Waals surface area contributed by atoms with Gasteiger partial charge in [-0.1, -0.05) is 0 Å². The summed E-state index contributed by atoms with van der Waals surface area (Å²) in [5.41, 5.74) is 5.77. The van der Waals surface area contributed by atoms with E-state index in [4.69, 9.17) is 5.73 Å². The summed E-state index contributed by atoms with van der Waals surface area (Å²) in [4.78, 5) is 10.8. The number of nitrogens with zero attached hydrogens (tertiary/aromatic N) is 3. The summed E-state index contributed by atoms with van der Waals surface area (Å²) in [7, 11) is 0. The van der Waals surface area contributed by atoms with Crippen LogP contribution in [0.1, 0.15) is 20.8 Å². The molecule has 1 aliphatic heterocycles. The van der Waals surface area contributed by atoms with E-state index in [-0.39, 0.29) is 4.75 Å². The fourth-order valence-corrected chi connectivity index (χ4v) is 3.21. The van der Waals surface area contributed by atoms with E-state index < -0.39 is 0 Å². The summed E-state index contributed by atoms with van der Waals surface area (Å²) in [5.74, 6) is 3.18. The van der Waals surface area contributed by atoms with E-state index in [1.165, 1.54) is 0 Å². The molecular formula is C12H21N5S. The summed E-state index contributed by atoms with van der Waals surface area (Å²) in [5, 5.41) is 3.19. The van der Waals surface area contributed by atoms with E-state index in [9.17, 15) is 0 Å². The van der Waals surface area contributed by atoms with Crippen LogP contribution >= 0.6 is 11.8 Å². The Labute approximate surface area is 113 Å². The number of rotatable bonds is 3. The predicted octanol–water partition coefficient (Wildman–Crippen LogP) is 1.82. The second-order valence-corrected chi connectivity index (χ2v) is 6.83. The Bertz CT molecular complexity index is 421. The molecule has 1 fully saturated rings. The zero-order chi connectivity index (χ0) is 13.2. The lowest BCUT2D eigenvalue weighted by atomic mass is 10.2. The van der Waals surface area contributed by atoms with Crippen LogP contribution in [0, 0.1) is 0 Å². The predicted molar refractivity (Wildman–Crippen MR) is 79.4 cm³/mol. The van der Waals surface area contributed by atoms with E-state index in [0.29, 0.717) is 5.95 Å². The number of hydrogen-bond acceptors (Lipinski definition) is 6. The van der Waals surface area contributed by atoms with Gasteiger partial charge >= 0.3 is 0 Å². The molecule has 0 atom stereocenters. The van der Waals surface area contributed by atoms with Crippen LogP contribution in [-0.2, 0) is 0 Å². The van der Waals surface area contributed by atoms with Crippen LogP contribution in [0.3, 0.4) is 0 Å². The minimum absolute atomic E-state index is 0.260. The molecule has 5 nitrogen and oxygen atoms in total. The Hall–Kier alpha value is -1.17. The summed E-state index contributed by atoms with van der Waals surface area (Å²) in [6.45, 7) is 9.39. The molecule has 0 radical (unpaired) electrons. The highest BCUT2D eigenvalue weighted by atomic mass is 32.2. The Balaban J connectivity index is 2.21. The van der Waals surface area contributed by atoms with Crippen molar-refractivity contribution in [1.82, 2.24) is 9.97 Å². The third-order valence-corrected chi connectivity index (χ3v) is 4.13. The van der Waals surface area contributed by atoms with Crippen LogP contribution in [0.5, 0.6) is 0 Å². The standard InChI is InChI=1S/C12H21N5S/c1-4-14-9-7-10(16-11(13)15-9)17-5-6-18-12(2,3)8-17/h7H,4-6,8H2,1-3H3,(H3,13,14,15,16). The summed E-state index contributed by atoms with van der Waals surface area (Å²) >= 11 is 2.01. The Morgan fingerprint density at radius 3 is 2.94 bits per heavy atom. The van der Waals surface area contributed by atoms with Gasteiger partial charge in [0.2, 0.25) is 5.95 Å². The number of hydrogen-bond donors (Lipinski definition) is 2. The maximum atomic E-state index is 5.77. The van der Waals surface area contributed by atoms with Crippen molar-refractivity contribution in [1.29, 1.82) is 0 Å². The van der Waals surface area contributed by atoms with Gasteiger partial charge in [-0.05, 0) is 20.8 Å². The quantitative estimate of drug-likeness (QED) is 0.871. The minimum atomic E-state index is 0.260. The largest absolute Gasteiger partial charge is 0.370 e. The molecule has 2 rings (SSSR count). The summed E-state index contributed by atoms with van der Waals surface area (Å²) in [6, 6.07) is 1.98. The van der Waals surface area contributed by atoms with Gasteiger partial charge in [0.15, 0.2) is 0 Å². The molecule has 0 bridgehead atoms. The number of nitrogens with two attached hydrogens (primary N) is 1. The van der Waals surface area contributed by atoms with Crippen molar-refractivity contribution in [2.75, 3.05) is 41.3 Å². The van der Waals surface area contributed by atoms with Crippen LogP contribution in [0.15, 0.2) is 6.07 Å². The van der Waals surface area contributed by atoms with Gasteiger partial charge in [-0.25, -0.2) is 0 Å². The van der Waals surface area contributed by atoms with Crippen LogP contribution in [0.4, 0.5) is 17.6 Å². The highest BCUT2D eigenvalue weighted by Crippen LogP contribution is 2.32. The maximum Gasteiger partial charge on any atom is 0.223 e. The molecule has 18 heavy (non-hydrogen) atoms.